The van der Waals surface area contributed by atoms with E-state index in [1.54, 1.807) is 0 Å². The number of nitrogens with zero attached hydrogens (tertiary/aromatic N) is 1. The lowest BCUT2D eigenvalue weighted by molar-refractivity contribution is -0.127. The van der Waals surface area contributed by atoms with Crippen LogP contribution < -0.4 is 5.32 Å². The Morgan fingerprint density at radius 1 is 0.812 bits per heavy atom. The van der Waals surface area contributed by atoms with Crippen LogP contribution in [0, 0.1) is 0 Å². The van der Waals surface area contributed by atoms with E-state index < -0.39 is 0 Å². The van der Waals surface area contributed by atoms with Gasteiger partial charge in [0.2, 0.25) is 5.91 Å². The zero-order valence-corrected chi connectivity index (χ0v) is 18.9. The van der Waals surface area contributed by atoms with Gasteiger partial charge in [0.25, 0.3) is 5.91 Å². The number of thioether (sulfide) groups is 1. The average molecular weight is 445 g/mol. The first-order valence-electron chi connectivity index (χ1n) is 11.1. The van der Waals surface area contributed by atoms with Crippen LogP contribution in [0.3, 0.4) is 0 Å². The number of hydrogen-bond acceptors (Lipinski definition) is 3. The Morgan fingerprint density at radius 2 is 1.38 bits per heavy atom. The van der Waals surface area contributed by atoms with Crippen molar-refractivity contribution < 1.29 is 9.59 Å². The first-order valence-corrected chi connectivity index (χ1v) is 12.1. The van der Waals surface area contributed by atoms with E-state index in [0.717, 1.165) is 42.0 Å². The Hall–Kier alpha value is -3.05. The van der Waals surface area contributed by atoms with Crippen LogP contribution >= 0.6 is 11.8 Å². The predicted octanol–water partition coefficient (Wildman–Crippen LogP) is 4.96. The molecule has 0 unspecified atom stereocenters. The molecule has 1 heterocycles. The molecule has 4 rings (SSSR count). The molecule has 0 aliphatic carbocycles. The quantitative estimate of drug-likeness (QED) is 0.500. The number of benzene rings is 3. The van der Waals surface area contributed by atoms with Crippen molar-refractivity contribution in [1.82, 2.24) is 10.2 Å². The Labute approximate surface area is 194 Å². The molecule has 1 aliphatic heterocycles. The number of rotatable bonds is 8. The maximum atomic E-state index is 13.1. The van der Waals surface area contributed by atoms with E-state index in [-0.39, 0.29) is 17.7 Å². The number of nitrogens with one attached hydrogen (secondary N) is 1. The molecule has 5 heteroatoms. The van der Waals surface area contributed by atoms with E-state index in [4.69, 9.17) is 0 Å². The molecule has 32 heavy (non-hydrogen) atoms. The first kappa shape index (κ1) is 22.2. The van der Waals surface area contributed by atoms with Gasteiger partial charge in [-0.1, -0.05) is 72.8 Å². The third kappa shape index (κ3) is 5.60. The largest absolute Gasteiger partial charge is 0.351 e. The summed E-state index contributed by atoms with van der Waals surface area (Å²) in [5.41, 5.74) is 2.95. The molecule has 1 aliphatic rings. The number of amides is 2. The lowest BCUT2D eigenvalue weighted by Crippen LogP contribution is -2.30. The van der Waals surface area contributed by atoms with Crippen LogP contribution in [0.4, 0.5) is 0 Å². The second kappa shape index (κ2) is 11.0. The SMILES string of the molecule is O=C(NCC(c1ccccc1)c1ccccc1)c1ccccc1SCC(=O)N1CCCC1. The molecule has 1 saturated heterocycles. The lowest BCUT2D eigenvalue weighted by atomic mass is 9.91. The summed E-state index contributed by atoms with van der Waals surface area (Å²) in [5, 5.41) is 3.13. The normalized spacial score (nSPS) is 13.3. The maximum absolute atomic E-state index is 13.1. The van der Waals surface area contributed by atoms with Crippen LogP contribution in [0.15, 0.2) is 89.8 Å². The molecule has 0 spiro atoms. The highest BCUT2D eigenvalue weighted by Gasteiger charge is 2.20. The van der Waals surface area contributed by atoms with Crippen LogP contribution in [0.5, 0.6) is 0 Å². The molecule has 0 aromatic heterocycles. The van der Waals surface area contributed by atoms with Gasteiger partial charge < -0.3 is 10.2 Å². The minimum atomic E-state index is -0.112. The average Bonchev–Trinajstić information content (AvgIpc) is 3.39. The number of hydrogen-bond donors (Lipinski definition) is 1. The van der Waals surface area contributed by atoms with E-state index in [1.165, 1.54) is 11.8 Å². The second-order valence-electron chi connectivity index (χ2n) is 7.96. The van der Waals surface area contributed by atoms with Crippen LogP contribution in [0.25, 0.3) is 0 Å². The van der Waals surface area contributed by atoms with Crippen molar-refractivity contribution in [3.05, 3.63) is 102 Å². The van der Waals surface area contributed by atoms with Crippen molar-refractivity contribution in [2.24, 2.45) is 0 Å². The van der Waals surface area contributed by atoms with Gasteiger partial charge in [0.15, 0.2) is 0 Å². The minimum Gasteiger partial charge on any atom is -0.351 e. The van der Waals surface area contributed by atoms with Crippen LogP contribution in [-0.4, -0.2) is 42.1 Å². The van der Waals surface area contributed by atoms with E-state index in [2.05, 4.69) is 29.6 Å². The molecular formula is C27H28N2O2S. The summed E-state index contributed by atoms with van der Waals surface area (Å²) in [6.07, 6.45) is 2.17. The molecule has 0 atom stereocenters. The topological polar surface area (TPSA) is 49.4 Å². The first-order chi connectivity index (χ1) is 15.7. The molecule has 1 N–H and O–H groups in total. The summed E-state index contributed by atoms with van der Waals surface area (Å²) < 4.78 is 0. The zero-order valence-electron chi connectivity index (χ0n) is 18.1. The van der Waals surface area contributed by atoms with Gasteiger partial charge in [-0.3, -0.25) is 9.59 Å². The highest BCUT2D eigenvalue weighted by Crippen LogP contribution is 2.26. The molecule has 0 radical (unpaired) electrons. The number of likely N-dealkylation sites (tertiary alicyclic amines) is 1. The molecule has 0 bridgehead atoms. The van der Waals surface area contributed by atoms with Gasteiger partial charge in [-0.2, -0.15) is 0 Å². The van der Waals surface area contributed by atoms with Gasteiger partial charge in [-0.05, 0) is 36.1 Å². The third-order valence-corrected chi connectivity index (χ3v) is 6.87. The highest BCUT2D eigenvalue weighted by atomic mass is 32.2. The van der Waals surface area contributed by atoms with Gasteiger partial charge in [-0.15, -0.1) is 11.8 Å². The van der Waals surface area contributed by atoms with E-state index in [0.29, 0.717) is 17.9 Å². The van der Waals surface area contributed by atoms with Crippen molar-refractivity contribution in [2.45, 2.75) is 23.7 Å². The van der Waals surface area contributed by atoms with Gasteiger partial charge >= 0.3 is 0 Å². The zero-order chi connectivity index (χ0) is 22.2. The van der Waals surface area contributed by atoms with Crippen LogP contribution in [0.1, 0.15) is 40.2 Å². The Morgan fingerprint density at radius 3 is 2.00 bits per heavy atom. The molecule has 0 saturated carbocycles. The van der Waals surface area contributed by atoms with Gasteiger partial charge in [-0.25, -0.2) is 0 Å². The summed E-state index contributed by atoms with van der Waals surface area (Å²) in [6.45, 7) is 2.20. The maximum Gasteiger partial charge on any atom is 0.252 e. The van der Waals surface area contributed by atoms with Crippen LogP contribution in [-0.2, 0) is 4.79 Å². The molecule has 164 valence electrons. The third-order valence-electron chi connectivity index (χ3n) is 5.81. The van der Waals surface area contributed by atoms with Crippen molar-refractivity contribution in [2.75, 3.05) is 25.4 Å². The molecule has 2 amide bonds. The standard InChI is InChI=1S/C27H28N2O2S/c30-26(29-17-9-10-18-29)20-32-25-16-8-7-15-23(25)27(31)28-19-24(21-11-3-1-4-12-21)22-13-5-2-6-14-22/h1-8,11-16,24H,9-10,17-20H2,(H,28,31). The minimum absolute atomic E-state index is 0.0675. The summed E-state index contributed by atoms with van der Waals surface area (Å²) in [5.74, 6) is 0.466. The fraction of sp³-hybridized carbons (Fsp3) is 0.259. The van der Waals surface area contributed by atoms with Gasteiger partial charge in [0.1, 0.15) is 0 Å². The number of carbonyl (C=O) groups is 2. The summed E-state index contributed by atoms with van der Waals surface area (Å²) in [6, 6.07) is 28.0. The summed E-state index contributed by atoms with van der Waals surface area (Å²) >= 11 is 1.45. The summed E-state index contributed by atoms with van der Waals surface area (Å²) in [4.78, 5) is 28.3. The van der Waals surface area contributed by atoms with E-state index >= 15 is 0 Å². The van der Waals surface area contributed by atoms with Gasteiger partial charge in [0, 0.05) is 30.4 Å². The van der Waals surface area contributed by atoms with Crippen molar-refractivity contribution in [3.8, 4) is 0 Å². The fourth-order valence-electron chi connectivity index (χ4n) is 4.07. The second-order valence-corrected chi connectivity index (χ2v) is 8.97. The monoisotopic (exact) mass is 444 g/mol. The van der Waals surface area contributed by atoms with Crippen molar-refractivity contribution in [3.63, 3.8) is 0 Å². The molecule has 3 aromatic carbocycles. The van der Waals surface area contributed by atoms with Crippen molar-refractivity contribution in [1.29, 1.82) is 0 Å². The van der Waals surface area contributed by atoms with E-state index in [9.17, 15) is 9.59 Å². The molecular weight excluding hydrogens is 416 g/mol. The Balaban J connectivity index is 1.44. The van der Waals surface area contributed by atoms with Gasteiger partial charge in [0.05, 0.1) is 11.3 Å². The molecule has 4 nitrogen and oxygen atoms in total. The fourth-order valence-corrected chi connectivity index (χ4v) is 5.02. The van der Waals surface area contributed by atoms with Crippen LogP contribution in [0.2, 0.25) is 0 Å². The highest BCUT2D eigenvalue weighted by molar-refractivity contribution is 8.00. The van der Waals surface area contributed by atoms with E-state index in [1.807, 2.05) is 65.6 Å². The Bertz CT molecular complexity index is 994. The number of carbonyl (C=O) groups excluding carboxylic acids is 2. The Kier molecular flexibility index (Phi) is 7.62. The van der Waals surface area contributed by atoms with Crippen molar-refractivity contribution >= 4 is 23.6 Å². The predicted molar refractivity (Wildman–Crippen MR) is 130 cm³/mol. The molecule has 3 aromatic rings. The lowest BCUT2D eigenvalue weighted by Gasteiger charge is -2.19. The smallest absolute Gasteiger partial charge is 0.252 e. The molecule has 1 fully saturated rings. The summed E-state index contributed by atoms with van der Waals surface area (Å²) in [7, 11) is 0.